The van der Waals surface area contributed by atoms with Gasteiger partial charge in [0.25, 0.3) is 0 Å². The molecular formula is C14H12F6O2S. The van der Waals surface area contributed by atoms with E-state index in [0.29, 0.717) is 0 Å². The predicted molar refractivity (Wildman–Crippen MR) is 73.3 cm³/mol. The van der Waals surface area contributed by atoms with Crippen LogP contribution < -0.4 is 0 Å². The molecule has 1 aliphatic heterocycles. The predicted octanol–water partition coefficient (Wildman–Crippen LogP) is 5.40. The summed E-state index contributed by atoms with van der Waals surface area (Å²) in [5, 5.41) is 0. The molecule has 0 fully saturated rings. The topological polar surface area (TPSA) is 26.3 Å². The van der Waals surface area contributed by atoms with Crippen molar-refractivity contribution in [1.82, 2.24) is 0 Å². The minimum atomic E-state index is -5.51. The summed E-state index contributed by atoms with van der Waals surface area (Å²) in [6, 6.07) is 5.13. The highest BCUT2D eigenvalue weighted by Gasteiger charge is 2.62. The van der Waals surface area contributed by atoms with Crippen LogP contribution in [-0.2, 0) is 8.98 Å². The molecule has 1 heterocycles. The summed E-state index contributed by atoms with van der Waals surface area (Å²) in [7, 11) is -4.57. The summed E-state index contributed by atoms with van der Waals surface area (Å²) in [5.74, 6) is -3.59. The van der Waals surface area contributed by atoms with E-state index in [-0.39, 0.29) is 10.5 Å². The third-order valence-corrected chi connectivity index (χ3v) is 6.48. The molecule has 23 heavy (non-hydrogen) atoms. The van der Waals surface area contributed by atoms with Crippen molar-refractivity contribution in [3.8, 4) is 0 Å². The monoisotopic (exact) mass is 358 g/mol. The first-order valence-corrected chi connectivity index (χ1v) is 7.98. The van der Waals surface area contributed by atoms with Crippen LogP contribution >= 0.6 is 10.3 Å². The third-order valence-electron chi connectivity index (χ3n) is 3.19. The summed E-state index contributed by atoms with van der Waals surface area (Å²) in [4.78, 5) is 10.4. The molecule has 1 atom stereocenters. The second-order valence-corrected chi connectivity index (χ2v) is 7.76. The molecule has 0 aliphatic carbocycles. The van der Waals surface area contributed by atoms with Crippen molar-refractivity contribution in [3.63, 3.8) is 0 Å². The van der Waals surface area contributed by atoms with Gasteiger partial charge in [0, 0.05) is 9.80 Å². The maximum atomic E-state index is 13.8. The summed E-state index contributed by atoms with van der Waals surface area (Å²) in [6.07, 6.45) is -4.35. The van der Waals surface area contributed by atoms with Gasteiger partial charge < -0.3 is 4.18 Å². The number of allylic oxidation sites excluding steroid dienone is 1. The van der Waals surface area contributed by atoms with E-state index in [0.717, 1.165) is 12.1 Å². The summed E-state index contributed by atoms with van der Waals surface area (Å²) >= 11 is 0. The lowest BCUT2D eigenvalue weighted by Crippen LogP contribution is -2.33. The Kier molecular flexibility index (Phi) is 4.21. The van der Waals surface area contributed by atoms with Crippen molar-refractivity contribution in [2.45, 2.75) is 30.4 Å². The van der Waals surface area contributed by atoms with Gasteiger partial charge in [-0.15, -0.1) is 0 Å². The largest absolute Gasteiger partial charge is 0.491 e. The van der Waals surface area contributed by atoms with Crippen LogP contribution in [0.2, 0.25) is 0 Å². The smallest absolute Gasteiger partial charge is 0.392 e. The first-order valence-electron chi connectivity index (χ1n) is 6.42. The van der Waals surface area contributed by atoms with E-state index in [1.807, 2.05) is 0 Å². The zero-order valence-corrected chi connectivity index (χ0v) is 12.8. The van der Waals surface area contributed by atoms with Gasteiger partial charge in [0.15, 0.2) is 0 Å². The molecule has 1 unspecified atom stereocenters. The Hall–Kier alpha value is -1.64. The maximum absolute atomic E-state index is 13.8. The lowest BCUT2D eigenvalue weighted by molar-refractivity contribution is -0.190. The molecule has 0 N–H and O–H groups in total. The first-order chi connectivity index (χ1) is 10.4. The summed E-state index contributed by atoms with van der Waals surface area (Å²) in [5.41, 5.74) is -5.05. The SMILES string of the molecule is CC(C)C1=Cc2ccccc2S1(OC(=O)C(F)(F)F)C(F)(F)F. The van der Waals surface area contributed by atoms with Crippen LogP contribution in [0.1, 0.15) is 19.4 Å². The zero-order chi connectivity index (χ0) is 17.6. The molecule has 0 radical (unpaired) electrons. The normalized spacial score (nSPS) is 24.0. The van der Waals surface area contributed by atoms with Gasteiger partial charge in [-0.25, -0.2) is 4.79 Å². The zero-order valence-electron chi connectivity index (χ0n) is 12.0. The molecule has 0 saturated carbocycles. The Labute approximate surface area is 129 Å². The molecule has 0 aromatic heterocycles. The Morgan fingerprint density at radius 2 is 1.65 bits per heavy atom. The highest BCUT2D eigenvalue weighted by Crippen LogP contribution is 2.78. The second kappa shape index (κ2) is 5.47. The minimum absolute atomic E-state index is 0.110. The molecule has 9 heteroatoms. The molecule has 128 valence electrons. The molecular weight excluding hydrogens is 346 g/mol. The van der Waals surface area contributed by atoms with Crippen LogP contribution in [0.25, 0.3) is 6.08 Å². The van der Waals surface area contributed by atoms with Gasteiger partial charge in [0.2, 0.25) is 0 Å². The van der Waals surface area contributed by atoms with Crippen molar-refractivity contribution in [2.75, 3.05) is 0 Å². The second-order valence-electron chi connectivity index (χ2n) is 5.11. The first kappa shape index (κ1) is 17.7. The molecule has 0 amide bonds. The van der Waals surface area contributed by atoms with Gasteiger partial charge in [-0.3, -0.25) is 0 Å². The van der Waals surface area contributed by atoms with Crippen molar-refractivity contribution in [1.29, 1.82) is 0 Å². The maximum Gasteiger partial charge on any atom is 0.491 e. The summed E-state index contributed by atoms with van der Waals surface area (Å²) < 4.78 is 83.1. The number of halogens is 6. The van der Waals surface area contributed by atoms with Crippen LogP contribution in [0, 0.1) is 5.92 Å². The van der Waals surface area contributed by atoms with Crippen LogP contribution in [0.15, 0.2) is 34.1 Å². The van der Waals surface area contributed by atoms with Crippen LogP contribution in [0.3, 0.4) is 0 Å². The standard InChI is InChI=1S/C14H12F6O2S/c1-8(2)11-7-9-5-3-4-6-10(9)23(11,14(18,19)20)22-12(21)13(15,16)17/h3-8H,1-2H3. The van der Waals surface area contributed by atoms with E-state index in [1.165, 1.54) is 32.0 Å². The Balaban J connectivity index is 2.70. The number of alkyl halides is 6. The molecule has 1 aromatic rings. The van der Waals surface area contributed by atoms with Crippen LogP contribution in [0.4, 0.5) is 26.3 Å². The molecule has 0 spiro atoms. The van der Waals surface area contributed by atoms with Crippen LogP contribution in [0.5, 0.6) is 0 Å². The minimum Gasteiger partial charge on any atom is -0.392 e. The molecule has 1 aliphatic rings. The number of hydrogen-bond donors (Lipinski definition) is 0. The van der Waals surface area contributed by atoms with Crippen LogP contribution in [-0.4, -0.2) is 17.7 Å². The highest BCUT2D eigenvalue weighted by atomic mass is 32.3. The number of carbonyl (C=O) groups excluding carboxylic acids is 1. The average molecular weight is 358 g/mol. The molecule has 1 aromatic carbocycles. The number of rotatable bonds is 2. The number of hydrogen-bond acceptors (Lipinski definition) is 2. The average Bonchev–Trinajstić information content (AvgIpc) is 2.73. The fourth-order valence-electron chi connectivity index (χ4n) is 2.28. The number of benzene rings is 1. The van der Waals surface area contributed by atoms with Gasteiger partial charge >= 0.3 is 17.7 Å². The van der Waals surface area contributed by atoms with Gasteiger partial charge in [-0.1, -0.05) is 32.0 Å². The molecule has 0 saturated heterocycles. The van der Waals surface area contributed by atoms with Crippen molar-refractivity contribution >= 4 is 22.4 Å². The Bertz CT molecular complexity index is 662. The summed E-state index contributed by atoms with van der Waals surface area (Å²) in [6.45, 7) is 2.82. The number of fused-ring (bicyclic) bond motifs is 1. The fraction of sp³-hybridized carbons (Fsp3) is 0.357. The van der Waals surface area contributed by atoms with Crippen molar-refractivity contribution in [2.24, 2.45) is 5.92 Å². The van der Waals surface area contributed by atoms with E-state index in [4.69, 9.17) is 0 Å². The Morgan fingerprint density at radius 3 is 2.13 bits per heavy atom. The van der Waals surface area contributed by atoms with Crippen molar-refractivity contribution in [3.05, 3.63) is 34.7 Å². The van der Waals surface area contributed by atoms with Gasteiger partial charge in [0.1, 0.15) is 0 Å². The molecule has 0 bridgehead atoms. The van der Waals surface area contributed by atoms with Gasteiger partial charge in [-0.2, -0.15) is 26.3 Å². The quantitative estimate of drug-likeness (QED) is 0.662. The Morgan fingerprint density at radius 1 is 1.09 bits per heavy atom. The van der Waals surface area contributed by atoms with E-state index in [9.17, 15) is 31.1 Å². The van der Waals surface area contributed by atoms with Crippen molar-refractivity contribution < 1.29 is 35.3 Å². The van der Waals surface area contributed by atoms with E-state index >= 15 is 0 Å². The third kappa shape index (κ3) is 2.82. The number of carbonyl (C=O) groups is 1. The molecule has 2 nitrogen and oxygen atoms in total. The molecule has 2 rings (SSSR count). The van der Waals surface area contributed by atoms with E-state index < -0.39 is 38.8 Å². The fourth-order valence-corrected chi connectivity index (χ4v) is 5.34. The lowest BCUT2D eigenvalue weighted by Gasteiger charge is -2.40. The van der Waals surface area contributed by atoms with E-state index in [2.05, 4.69) is 4.18 Å². The van der Waals surface area contributed by atoms with E-state index in [1.54, 1.807) is 0 Å². The van der Waals surface area contributed by atoms with Gasteiger partial charge in [0.05, 0.1) is 10.3 Å². The van der Waals surface area contributed by atoms with Gasteiger partial charge in [-0.05, 0) is 23.6 Å². The lowest BCUT2D eigenvalue weighted by atomic mass is 10.1. The highest BCUT2D eigenvalue weighted by molar-refractivity contribution is 8.34.